The second-order valence-electron chi connectivity index (χ2n) is 4.34. The van der Waals surface area contributed by atoms with Gasteiger partial charge in [-0.05, 0) is 37.0 Å². The van der Waals surface area contributed by atoms with E-state index < -0.39 is 0 Å². The molecule has 1 heterocycles. The maximum Gasteiger partial charge on any atom is 0.234 e. The lowest BCUT2D eigenvalue weighted by Gasteiger charge is -2.10. The van der Waals surface area contributed by atoms with Gasteiger partial charge in [0.15, 0.2) is 0 Å². The molecule has 86 valence electrons. The normalized spacial score (nSPS) is 19.1. The van der Waals surface area contributed by atoms with Gasteiger partial charge in [0.25, 0.3) is 0 Å². The molecule has 0 aliphatic carbocycles. The summed E-state index contributed by atoms with van der Waals surface area (Å²) in [7, 11) is 1.82. The van der Waals surface area contributed by atoms with Gasteiger partial charge in [-0.2, -0.15) is 0 Å². The molecule has 3 nitrogen and oxygen atoms in total. The van der Waals surface area contributed by atoms with Crippen LogP contribution in [0.15, 0.2) is 18.2 Å². The molecule has 1 unspecified atom stereocenters. The molecule has 0 spiro atoms. The van der Waals surface area contributed by atoms with Gasteiger partial charge in [0.1, 0.15) is 0 Å². The highest BCUT2D eigenvalue weighted by molar-refractivity contribution is 6.04. The molecule has 0 bridgehead atoms. The van der Waals surface area contributed by atoms with Gasteiger partial charge >= 0.3 is 0 Å². The first kappa shape index (κ1) is 11.1. The number of benzene rings is 1. The molecule has 0 saturated carbocycles. The average molecular weight is 219 g/mol. The zero-order valence-corrected chi connectivity index (χ0v) is 9.73. The van der Waals surface area contributed by atoms with Crippen LogP contribution < -0.4 is 4.90 Å². The van der Waals surface area contributed by atoms with Gasteiger partial charge in [-0.25, -0.2) is 0 Å². The molecule has 16 heavy (non-hydrogen) atoms. The minimum absolute atomic E-state index is 0.0333. The predicted octanol–water partition coefficient (Wildman–Crippen LogP) is 1.69. The number of aliphatic hydroxyl groups excluding tert-OH is 1. The lowest BCUT2D eigenvalue weighted by atomic mass is 9.99. The Morgan fingerprint density at radius 2 is 2.19 bits per heavy atom. The quantitative estimate of drug-likeness (QED) is 0.840. The number of fused-ring (bicyclic) bond motifs is 1. The molecule has 1 N–H and O–H groups in total. The Labute approximate surface area is 95.7 Å². The topological polar surface area (TPSA) is 40.5 Å². The Hall–Kier alpha value is -1.35. The van der Waals surface area contributed by atoms with Crippen LogP contribution in [0.25, 0.3) is 0 Å². The van der Waals surface area contributed by atoms with Crippen LogP contribution in [-0.2, 0) is 11.2 Å². The smallest absolute Gasteiger partial charge is 0.234 e. The van der Waals surface area contributed by atoms with Crippen LogP contribution in [0.3, 0.4) is 0 Å². The molecule has 0 aromatic heterocycles. The third-order valence-electron chi connectivity index (χ3n) is 3.24. The van der Waals surface area contributed by atoms with E-state index in [0.717, 1.165) is 24.1 Å². The van der Waals surface area contributed by atoms with E-state index in [1.807, 2.05) is 26.1 Å². The molecule has 0 saturated heterocycles. The van der Waals surface area contributed by atoms with E-state index in [2.05, 4.69) is 6.07 Å². The first-order chi connectivity index (χ1) is 7.65. The highest BCUT2D eigenvalue weighted by Crippen LogP contribution is 2.36. The fourth-order valence-corrected chi connectivity index (χ4v) is 2.24. The summed E-state index contributed by atoms with van der Waals surface area (Å²) >= 11 is 0. The van der Waals surface area contributed by atoms with Crippen molar-refractivity contribution in [3.05, 3.63) is 29.3 Å². The second kappa shape index (κ2) is 4.26. The zero-order valence-electron chi connectivity index (χ0n) is 9.73. The SMILES string of the molecule is CC1C(=O)N(C)c2ccc(CCCO)cc21. The average Bonchev–Trinajstić information content (AvgIpc) is 2.52. The van der Waals surface area contributed by atoms with Crippen LogP contribution in [0.2, 0.25) is 0 Å². The molecule has 1 amide bonds. The zero-order chi connectivity index (χ0) is 11.7. The van der Waals surface area contributed by atoms with Crippen LogP contribution >= 0.6 is 0 Å². The van der Waals surface area contributed by atoms with Gasteiger partial charge in [0.2, 0.25) is 5.91 Å². The predicted molar refractivity (Wildman–Crippen MR) is 63.7 cm³/mol. The summed E-state index contributed by atoms with van der Waals surface area (Å²) in [6.07, 6.45) is 1.64. The van der Waals surface area contributed by atoms with Gasteiger partial charge in [-0.1, -0.05) is 12.1 Å². The monoisotopic (exact) mass is 219 g/mol. The van der Waals surface area contributed by atoms with Crippen LogP contribution in [0.4, 0.5) is 5.69 Å². The molecule has 1 atom stereocenters. The number of likely N-dealkylation sites (N-methyl/N-ethyl adjacent to an activating group) is 1. The lowest BCUT2D eigenvalue weighted by Crippen LogP contribution is -2.22. The van der Waals surface area contributed by atoms with Gasteiger partial charge < -0.3 is 10.0 Å². The van der Waals surface area contributed by atoms with Crippen LogP contribution in [0.1, 0.15) is 30.4 Å². The van der Waals surface area contributed by atoms with Crippen molar-refractivity contribution >= 4 is 11.6 Å². The molecule has 1 aromatic carbocycles. The van der Waals surface area contributed by atoms with Gasteiger partial charge in [0, 0.05) is 19.3 Å². The Balaban J connectivity index is 2.30. The van der Waals surface area contributed by atoms with E-state index >= 15 is 0 Å². The first-order valence-corrected chi connectivity index (χ1v) is 5.66. The van der Waals surface area contributed by atoms with E-state index in [1.54, 1.807) is 4.90 Å². The number of anilines is 1. The Morgan fingerprint density at radius 3 is 2.88 bits per heavy atom. The van der Waals surface area contributed by atoms with Crippen molar-refractivity contribution in [2.24, 2.45) is 0 Å². The minimum atomic E-state index is -0.0333. The molecule has 0 radical (unpaired) electrons. The standard InChI is InChI=1S/C13H17NO2/c1-9-11-8-10(4-3-7-15)5-6-12(11)14(2)13(9)16/h5-6,8-9,15H,3-4,7H2,1-2H3. The van der Waals surface area contributed by atoms with E-state index in [-0.39, 0.29) is 18.4 Å². The van der Waals surface area contributed by atoms with Crippen molar-refractivity contribution in [3.63, 3.8) is 0 Å². The summed E-state index contributed by atoms with van der Waals surface area (Å²) in [5.41, 5.74) is 3.33. The molecular weight excluding hydrogens is 202 g/mol. The van der Waals surface area contributed by atoms with Gasteiger partial charge in [-0.3, -0.25) is 4.79 Å². The number of aliphatic hydroxyl groups is 1. The molecular formula is C13H17NO2. The summed E-state index contributed by atoms with van der Waals surface area (Å²) in [6.45, 7) is 2.16. The van der Waals surface area contributed by atoms with Crippen LogP contribution in [-0.4, -0.2) is 24.7 Å². The lowest BCUT2D eigenvalue weighted by molar-refractivity contribution is -0.118. The van der Waals surface area contributed by atoms with Crippen LogP contribution in [0.5, 0.6) is 0 Å². The van der Waals surface area contributed by atoms with Crippen molar-refractivity contribution in [2.75, 3.05) is 18.6 Å². The summed E-state index contributed by atoms with van der Waals surface area (Å²) in [6, 6.07) is 6.14. The number of hydrogen-bond acceptors (Lipinski definition) is 2. The second-order valence-corrected chi connectivity index (χ2v) is 4.34. The third-order valence-corrected chi connectivity index (χ3v) is 3.24. The highest BCUT2D eigenvalue weighted by Gasteiger charge is 2.31. The van der Waals surface area contributed by atoms with Crippen LogP contribution in [0, 0.1) is 0 Å². The van der Waals surface area contributed by atoms with Crippen molar-refractivity contribution in [3.8, 4) is 0 Å². The van der Waals surface area contributed by atoms with Crippen molar-refractivity contribution < 1.29 is 9.90 Å². The van der Waals surface area contributed by atoms with E-state index in [0.29, 0.717) is 0 Å². The Bertz CT molecular complexity index is 414. The number of rotatable bonds is 3. The molecule has 1 aromatic rings. The molecule has 1 aliphatic heterocycles. The summed E-state index contributed by atoms with van der Waals surface area (Å²) in [5, 5.41) is 8.79. The number of carbonyl (C=O) groups is 1. The van der Waals surface area contributed by atoms with Crippen molar-refractivity contribution in [1.29, 1.82) is 0 Å². The maximum absolute atomic E-state index is 11.8. The van der Waals surface area contributed by atoms with E-state index in [9.17, 15) is 4.79 Å². The fraction of sp³-hybridized carbons (Fsp3) is 0.462. The number of carbonyl (C=O) groups excluding carboxylic acids is 1. The fourth-order valence-electron chi connectivity index (χ4n) is 2.24. The van der Waals surface area contributed by atoms with Gasteiger partial charge in [-0.15, -0.1) is 0 Å². The summed E-state index contributed by atoms with van der Waals surface area (Å²) in [4.78, 5) is 13.5. The minimum Gasteiger partial charge on any atom is -0.396 e. The number of amides is 1. The van der Waals surface area contributed by atoms with Crippen molar-refractivity contribution in [1.82, 2.24) is 0 Å². The number of aryl methyl sites for hydroxylation is 1. The Kier molecular flexibility index (Phi) is 2.97. The maximum atomic E-state index is 11.8. The third kappa shape index (κ3) is 1.71. The van der Waals surface area contributed by atoms with Crippen molar-refractivity contribution in [2.45, 2.75) is 25.7 Å². The van der Waals surface area contributed by atoms with E-state index in [1.165, 1.54) is 5.56 Å². The summed E-state index contributed by atoms with van der Waals surface area (Å²) < 4.78 is 0. The molecule has 1 aliphatic rings. The van der Waals surface area contributed by atoms with Gasteiger partial charge in [0.05, 0.1) is 5.92 Å². The molecule has 3 heteroatoms. The number of hydrogen-bond donors (Lipinski definition) is 1. The molecule has 0 fully saturated rings. The largest absolute Gasteiger partial charge is 0.396 e. The Morgan fingerprint density at radius 1 is 1.44 bits per heavy atom. The highest BCUT2D eigenvalue weighted by atomic mass is 16.2. The molecule has 2 rings (SSSR count). The first-order valence-electron chi connectivity index (χ1n) is 5.66. The van der Waals surface area contributed by atoms with E-state index in [4.69, 9.17) is 5.11 Å². The number of nitrogens with zero attached hydrogens (tertiary/aromatic N) is 1. The summed E-state index contributed by atoms with van der Waals surface area (Å²) in [5.74, 6) is 0.128.